The molecule has 0 aliphatic carbocycles. The second-order valence-corrected chi connectivity index (χ2v) is 17.6. The van der Waals surface area contributed by atoms with E-state index in [0.717, 1.165) is 0 Å². The Balaban J connectivity index is 2.76. The minimum Gasteiger partial charge on any atom is -0.0654 e. The molecular weight excluding hydrogens is 284 g/mol. The molecule has 0 unspecified atom stereocenters. The molecule has 0 amide bonds. The van der Waals surface area contributed by atoms with E-state index in [1.54, 1.807) is 10.4 Å². The molecule has 0 spiro atoms. The third kappa shape index (κ3) is 5.74. The van der Waals surface area contributed by atoms with Crippen LogP contribution in [0.4, 0.5) is 0 Å². The topological polar surface area (TPSA) is 0 Å². The van der Waals surface area contributed by atoms with E-state index in [1.807, 2.05) is 0 Å². The Bertz CT molecular complexity index is 404. The van der Waals surface area contributed by atoms with E-state index in [0.29, 0.717) is 0 Å². The van der Waals surface area contributed by atoms with E-state index in [4.69, 9.17) is 0 Å². The summed E-state index contributed by atoms with van der Waals surface area (Å²) in [4.78, 5) is 0. The first-order valence-corrected chi connectivity index (χ1v) is 15.4. The Hall–Kier alpha value is -0.346. The largest absolute Gasteiger partial charge is 0.0806 e. The molecule has 120 valence electrons. The quantitative estimate of drug-likeness (QED) is 0.416. The molecule has 0 aliphatic rings. The van der Waals surface area contributed by atoms with Crippen molar-refractivity contribution in [1.82, 2.24) is 0 Å². The lowest BCUT2D eigenvalue weighted by atomic mass is 10.3. The molecule has 21 heavy (non-hydrogen) atoms. The van der Waals surface area contributed by atoms with Crippen molar-refractivity contribution in [2.75, 3.05) is 0 Å². The monoisotopic (exact) mass is 320 g/mol. The van der Waals surface area contributed by atoms with Crippen molar-refractivity contribution in [3.8, 4) is 0 Å². The van der Waals surface area contributed by atoms with Crippen LogP contribution in [0.5, 0.6) is 0 Å². The molecule has 0 fully saturated rings. The second-order valence-electron chi connectivity index (χ2n) is 7.91. The van der Waals surface area contributed by atoms with E-state index in [1.165, 1.54) is 44.2 Å². The highest BCUT2D eigenvalue weighted by atomic mass is 28.3. The molecule has 0 saturated carbocycles. The van der Waals surface area contributed by atoms with Crippen LogP contribution < -0.4 is 10.4 Å². The molecule has 0 heterocycles. The van der Waals surface area contributed by atoms with Crippen molar-refractivity contribution in [3.05, 3.63) is 24.3 Å². The van der Waals surface area contributed by atoms with Crippen molar-refractivity contribution in [2.45, 2.75) is 84.2 Å². The molecule has 2 heteroatoms. The Morgan fingerprint density at radius 2 is 1.00 bits per heavy atom. The molecule has 1 aromatic rings. The maximum absolute atomic E-state index is 2.54. The number of unbranched alkanes of at least 4 members (excludes halogenated alkanes) is 3. The Morgan fingerprint density at radius 3 is 1.38 bits per heavy atom. The number of hydrogen-bond acceptors (Lipinski definition) is 0. The second kappa shape index (κ2) is 8.33. The number of hydrogen-bond donors (Lipinski definition) is 0. The molecule has 1 aromatic carbocycles. The maximum atomic E-state index is 2.54. The first-order valence-electron chi connectivity index (χ1n) is 8.94. The lowest BCUT2D eigenvalue weighted by Gasteiger charge is -2.26. The molecule has 0 N–H and O–H groups in total. The van der Waals surface area contributed by atoms with Crippen molar-refractivity contribution >= 4 is 26.5 Å². The zero-order chi connectivity index (χ0) is 15.9. The summed E-state index contributed by atoms with van der Waals surface area (Å²) in [5.74, 6) is 0. The van der Waals surface area contributed by atoms with Crippen LogP contribution in [0.15, 0.2) is 24.3 Å². The fourth-order valence-electron chi connectivity index (χ4n) is 3.10. The smallest absolute Gasteiger partial charge is 0.0654 e. The fraction of sp³-hybridized carbons (Fsp3) is 0.684. The Kier molecular flexibility index (Phi) is 7.42. The highest BCUT2D eigenvalue weighted by Gasteiger charge is 2.25. The Morgan fingerprint density at radius 1 is 0.619 bits per heavy atom. The summed E-state index contributed by atoms with van der Waals surface area (Å²) in [6.07, 6.45) is 6.85. The van der Waals surface area contributed by atoms with Crippen LogP contribution in [0.25, 0.3) is 0 Å². The van der Waals surface area contributed by atoms with Gasteiger partial charge in [0, 0.05) is 0 Å². The van der Waals surface area contributed by atoms with Gasteiger partial charge < -0.3 is 0 Å². The van der Waals surface area contributed by atoms with Crippen molar-refractivity contribution < 1.29 is 0 Å². The SMILES string of the molecule is CCCCC[Si](C)(C)c1ccc([Si](C)(C)CCCC)cc1. The van der Waals surface area contributed by atoms with E-state index in [-0.39, 0.29) is 0 Å². The van der Waals surface area contributed by atoms with Gasteiger partial charge in [0.1, 0.15) is 0 Å². The van der Waals surface area contributed by atoms with Crippen LogP contribution in [0.3, 0.4) is 0 Å². The standard InChI is InChI=1S/C19H36Si2/c1-7-9-11-17-21(5,6)19-14-12-18(13-15-19)20(3,4)16-10-8-2/h12-15H,7-11,16-17H2,1-6H3. The van der Waals surface area contributed by atoms with Gasteiger partial charge >= 0.3 is 0 Å². The molecule has 0 nitrogen and oxygen atoms in total. The predicted molar refractivity (Wildman–Crippen MR) is 105 cm³/mol. The van der Waals surface area contributed by atoms with Crippen LogP contribution in [-0.4, -0.2) is 16.1 Å². The van der Waals surface area contributed by atoms with Crippen LogP contribution in [-0.2, 0) is 0 Å². The molecule has 0 radical (unpaired) electrons. The summed E-state index contributed by atoms with van der Waals surface area (Å²) in [5.41, 5.74) is 0. The highest BCUT2D eigenvalue weighted by Crippen LogP contribution is 2.17. The summed E-state index contributed by atoms with van der Waals surface area (Å²) in [6.45, 7) is 14.7. The summed E-state index contributed by atoms with van der Waals surface area (Å²) in [6, 6.07) is 12.7. The summed E-state index contributed by atoms with van der Waals surface area (Å²) < 4.78 is 0. The first-order chi connectivity index (χ1) is 9.83. The zero-order valence-electron chi connectivity index (χ0n) is 15.3. The first kappa shape index (κ1) is 18.7. The number of benzene rings is 1. The zero-order valence-corrected chi connectivity index (χ0v) is 17.3. The van der Waals surface area contributed by atoms with Gasteiger partial charge in [-0.15, -0.1) is 0 Å². The molecular formula is C19H36Si2. The molecule has 0 bridgehead atoms. The van der Waals surface area contributed by atoms with Gasteiger partial charge in [0.15, 0.2) is 0 Å². The minimum absolute atomic E-state index is 1.20. The van der Waals surface area contributed by atoms with Crippen LogP contribution >= 0.6 is 0 Å². The van der Waals surface area contributed by atoms with Crippen LogP contribution in [0, 0.1) is 0 Å². The predicted octanol–water partition coefficient (Wildman–Crippen LogP) is 5.51. The van der Waals surface area contributed by atoms with E-state index in [2.05, 4.69) is 64.3 Å². The van der Waals surface area contributed by atoms with Gasteiger partial charge in [-0.25, -0.2) is 0 Å². The average molecular weight is 321 g/mol. The van der Waals surface area contributed by atoms with Gasteiger partial charge in [-0.1, -0.05) is 119 Å². The third-order valence-corrected chi connectivity index (χ3v) is 12.0. The van der Waals surface area contributed by atoms with E-state index >= 15 is 0 Å². The maximum Gasteiger partial charge on any atom is 0.0806 e. The van der Waals surface area contributed by atoms with Gasteiger partial charge in [0.25, 0.3) is 0 Å². The molecule has 0 aromatic heterocycles. The summed E-state index contributed by atoms with van der Waals surface area (Å²) >= 11 is 0. The normalized spacial score (nSPS) is 12.7. The van der Waals surface area contributed by atoms with Gasteiger partial charge in [0.05, 0.1) is 16.1 Å². The molecule has 0 atom stereocenters. The number of rotatable bonds is 9. The fourth-order valence-corrected chi connectivity index (χ4v) is 8.18. The van der Waals surface area contributed by atoms with Crippen LogP contribution in [0.1, 0.15) is 46.0 Å². The van der Waals surface area contributed by atoms with Gasteiger partial charge in [0.2, 0.25) is 0 Å². The van der Waals surface area contributed by atoms with Crippen LogP contribution in [0.2, 0.25) is 38.3 Å². The highest BCUT2D eigenvalue weighted by molar-refractivity contribution is 6.91. The Labute approximate surface area is 135 Å². The van der Waals surface area contributed by atoms with Crippen molar-refractivity contribution in [3.63, 3.8) is 0 Å². The minimum atomic E-state index is -1.21. The van der Waals surface area contributed by atoms with E-state index in [9.17, 15) is 0 Å². The third-order valence-electron chi connectivity index (χ3n) is 5.01. The average Bonchev–Trinajstić information content (AvgIpc) is 2.45. The summed E-state index contributed by atoms with van der Waals surface area (Å²) in [7, 11) is -2.41. The van der Waals surface area contributed by atoms with Gasteiger partial charge in [-0.3, -0.25) is 0 Å². The molecule has 1 rings (SSSR count). The van der Waals surface area contributed by atoms with Crippen molar-refractivity contribution in [2.24, 2.45) is 0 Å². The molecule has 0 aliphatic heterocycles. The lowest BCUT2D eigenvalue weighted by molar-refractivity contribution is 0.764. The molecule has 0 saturated heterocycles. The van der Waals surface area contributed by atoms with E-state index < -0.39 is 16.1 Å². The summed E-state index contributed by atoms with van der Waals surface area (Å²) in [5, 5.41) is 3.31. The lowest BCUT2D eigenvalue weighted by Crippen LogP contribution is -2.45. The van der Waals surface area contributed by atoms with Crippen molar-refractivity contribution in [1.29, 1.82) is 0 Å². The van der Waals surface area contributed by atoms with Gasteiger partial charge in [-0.2, -0.15) is 0 Å². The van der Waals surface area contributed by atoms with Gasteiger partial charge in [-0.05, 0) is 0 Å².